The summed E-state index contributed by atoms with van der Waals surface area (Å²) in [7, 11) is 0. The third-order valence-electron chi connectivity index (χ3n) is 13.2. The van der Waals surface area contributed by atoms with E-state index in [-0.39, 0.29) is 31.1 Å². The second-order valence-corrected chi connectivity index (χ2v) is 19.9. The van der Waals surface area contributed by atoms with Crippen molar-refractivity contribution < 1.29 is 28.6 Å². The lowest BCUT2D eigenvalue weighted by Crippen LogP contribution is -2.30. The van der Waals surface area contributed by atoms with Crippen molar-refractivity contribution in [2.75, 3.05) is 13.2 Å². The number of unbranched alkanes of at least 4 members (excludes halogenated alkanes) is 39. The van der Waals surface area contributed by atoms with Crippen molar-refractivity contribution in [3.8, 4) is 0 Å². The van der Waals surface area contributed by atoms with E-state index in [0.29, 0.717) is 19.3 Å². The maximum absolute atomic E-state index is 12.8. The highest BCUT2D eigenvalue weighted by Crippen LogP contribution is 2.17. The van der Waals surface area contributed by atoms with Crippen molar-refractivity contribution >= 4 is 17.9 Å². The first-order chi connectivity index (χ1) is 32.5. The zero-order valence-electron chi connectivity index (χ0n) is 44.5. The van der Waals surface area contributed by atoms with E-state index in [4.69, 9.17) is 14.2 Å². The van der Waals surface area contributed by atoms with E-state index >= 15 is 0 Å². The van der Waals surface area contributed by atoms with Gasteiger partial charge in [-0.25, -0.2) is 0 Å². The Hall–Kier alpha value is -2.11. The standard InChI is InChI=1S/C60H112O6/c1-4-7-10-13-16-19-22-25-26-27-28-29-30-31-32-33-34-36-38-41-44-47-50-53-59(62)65-56-57(55-64-58(61)52-49-46-43-40-37-24-21-18-15-12-9-6-3)66-60(63)54-51-48-45-42-39-35-23-20-17-14-11-8-5-2/h11,14,20,23,57H,4-10,12-13,15-19,21-22,24-56H2,1-3H3/b14-11-,23-20-. The second kappa shape index (κ2) is 55.5. The van der Waals surface area contributed by atoms with Crippen molar-refractivity contribution in [3.63, 3.8) is 0 Å². The number of hydrogen-bond donors (Lipinski definition) is 0. The molecule has 0 N–H and O–H groups in total. The molecule has 6 heteroatoms. The van der Waals surface area contributed by atoms with Crippen molar-refractivity contribution in [3.05, 3.63) is 24.3 Å². The third-order valence-corrected chi connectivity index (χ3v) is 13.2. The highest BCUT2D eigenvalue weighted by atomic mass is 16.6. The molecule has 0 aliphatic heterocycles. The Morgan fingerprint density at radius 3 is 0.894 bits per heavy atom. The summed E-state index contributed by atoms with van der Waals surface area (Å²) in [6.45, 7) is 6.61. The fraction of sp³-hybridized carbons (Fsp3) is 0.883. The van der Waals surface area contributed by atoms with E-state index in [9.17, 15) is 14.4 Å². The van der Waals surface area contributed by atoms with Crippen LogP contribution in [0.1, 0.15) is 323 Å². The molecule has 6 nitrogen and oxygen atoms in total. The summed E-state index contributed by atoms with van der Waals surface area (Å²) in [5, 5.41) is 0. The average Bonchev–Trinajstić information content (AvgIpc) is 3.31. The maximum Gasteiger partial charge on any atom is 0.306 e. The van der Waals surface area contributed by atoms with E-state index in [1.54, 1.807) is 0 Å². The predicted molar refractivity (Wildman–Crippen MR) is 284 cm³/mol. The summed E-state index contributed by atoms with van der Waals surface area (Å²) in [4.78, 5) is 38.1. The summed E-state index contributed by atoms with van der Waals surface area (Å²) in [5.74, 6) is -0.866. The molecule has 1 unspecified atom stereocenters. The minimum Gasteiger partial charge on any atom is -0.462 e. The van der Waals surface area contributed by atoms with Gasteiger partial charge in [-0.2, -0.15) is 0 Å². The van der Waals surface area contributed by atoms with E-state index in [0.717, 1.165) is 89.9 Å². The number of carbonyl (C=O) groups is 3. The molecule has 0 aliphatic carbocycles. The number of rotatable bonds is 54. The summed E-state index contributed by atoms with van der Waals surface area (Å²) >= 11 is 0. The molecule has 0 heterocycles. The molecule has 66 heavy (non-hydrogen) atoms. The number of hydrogen-bond acceptors (Lipinski definition) is 6. The highest BCUT2D eigenvalue weighted by Gasteiger charge is 2.19. The zero-order valence-corrected chi connectivity index (χ0v) is 44.5. The minimum absolute atomic E-state index is 0.0717. The maximum atomic E-state index is 12.8. The summed E-state index contributed by atoms with van der Waals surface area (Å²) < 4.78 is 16.8. The van der Waals surface area contributed by atoms with Crippen LogP contribution in [0, 0.1) is 0 Å². The SMILES string of the molecule is CCC/C=C\C/C=C\CCCCCCCC(=O)OC(COC(=O)CCCCCCCCCCCCCC)COC(=O)CCCCCCCCCCCCCCCCCCCCCCCCC. The fourth-order valence-corrected chi connectivity index (χ4v) is 8.78. The molecule has 0 saturated carbocycles. The van der Waals surface area contributed by atoms with Crippen LogP contribution in [0.4, 0.5) is 0 Å². The van der Waals surface area contributed by atoms with Gasteiger partial charge in [-0.1, -0.05) is 283 Å². The fourth-order valence-electron chi connectivity index (χ4n) is 8.78. The van der Waals surface area contributed by atoms with Crippen LogP contribution >= 0.6 is 0 Å². The van der Waals surface area contributed by atoms with Gasteiger partial charge >= 0.3 is 17.9 Å². The van der Waals surface area contributed by atoms with Gasteiger partial charge in [0.2, 0.25) is 0 Å². The van der Waals surface area contributed by atoms with Gasteiger partial charge in [-0.05, 0) is 44.9 Å². The van der Waals surface area contributed by atoms with E-state index in [2.05, 4.69) is 45.1 Å². The van der Waals surface area contributed by atoms with Gasteiger partial charge in [0.1, 0.15) is 13.2 Å². The number of allylic oxidation sites excluding steroid dienone is 4. The first-order valence-corrected chi connectivity index (χ1v) is 29.3. The van der Waals surface area contributed by atoms with Crippen molar-refractivity contribution in [2.24, 2.45) is 0 Å². The van der Waals surface area contributed by atoms with Crippen LogP contribution < -0.4 is 0 Å². The van der Waals surface area contributed by atoms with Crippen LogP contribution in [0.25, 0.3) is 0 Å². The molecule has 0 bridgehead atoms. The lowest BCUT2D eigenvalue weighted by atomic mass is 10.0. The smallest absolute Gasteiger partial charge is 0.306 e. The Morgan fingerprint density at radius 1 is 0.303 bits per heavy atom. The molecule has 0 radical (unpaired) electrons. The van der Waals surface area contributed by atoms with Gasteiger partial charge in [0.05, 0.1) is 0 Å². The molecule has 388 valence electrons. The summed E-state index contributed by atoms with van der Waals surface area (Å²) in [5.41, 5.74) is 0. The first-order valence-electron chi connectivity index (χ1n) is 29.3. The third kappa shape index (κ3) is 52.9. The van der Waals surface area contributed by atoms with Crippen LogP contribution in [-0.2, 0) is 28.6 Å². The molecular weight excluding hydrogens is 817 g/mol. The Kier molecular flexibility index (Phi) is 53.7. The largest absolute Gasteiger partial charge is 0.462 e. The second-order valence-electron chi connectivity index (χ2n) is 19.9. The Bertz CT molecular complexity index is 1070. The topological polar surface area (TPSA) is 78.9 Å². The summed E-state index contributed by atoms with van der Waals surface area (Å²) in [6, 6.07) is 0. The van der Waals surface area contributed by atoms with Crippen LogP contribution in [0.3, 0.4) is 0 Å². The summed E-state index contributed by atoms with van der Waals surface area (Å²) in [6.07, 6.45) is 64.7. The Balaban J connectivity index is 4.21. The van der Waals surface area contributed by atoms with E-state index in [1.165, 1.54) is 193 Å². The number of ether oxygens (including phenoxy) is 3. The molecule has 0 spiro atoms. The van der Waals surface area contributed by atoms with Gasteiger partial charge in [-0.3, -0.25) is 14.4 Å². The van der Waals surface area contributed by atoms with Crippen molar-refractivity contribution in [1.29, 1.82) is 0 Å². The van der Waals surface area contributed by atoms with Crippen LogP contribution in [-0.4, -0.2) is 37.2 Å². The predicted octanol–water partition coefficient (Wildman–Crippen LogP) is 19.5. The minimum atomic E-state index is -0.773. The number of esters is 3. The molecular formula is C60H112O6. The van der Waals surface area contributed by atoms with Gasteiger partial charge < -0.3 is 14.2 Å². The van der Waals surface area contributed by atoms with Crippen LogP contribution in [0.15, 0.2) is 24.3 Å². The van der Waals surface area contributed by atoms with Gasteiger partial charge in [-0.15, -0.1) is 0 Å². The Labute approximate surface area is 411 Å². The molecule has 0 aliphatic rings. The molecule has 0 aromatic heterocycles. The molecule has 0 amide bonds. The molecule has 1 atom stereocenters. The first kappa shape index (κ1) is 63.9. The lowest BCUT2D eigenvalue weighted by molar-refractivity contribution is -0.167. The van der Waals surface area contributed by atoms with Crippen LogP contribution in [0.2, 0.25) is 0 Å². The quantitative estimate of drug-likeness (QED) is 0.0262. The van der Waals surface area contributed by atoms with Crippen molar-refractivity contribution in [1.82, 2.24) is 0 Å². The Morgan fingerprint density at radius 2 is 0.576 bits per heavy atom. The van der Waals surface area contributed by atoms with Crippen molar-refractivity contribution in [2.45, 2.75) is 329 Å². The highest BCUT2D eigenvalue weighted by molar-refractivity contribution is 5.71. The van der Waals surface area contributed by atoms with Crippen LogP contribution in [0.5, 0.6) is 0 Å². The van der Waals surface area contributed by atoms with Gasteiger partial charge in [0.15, 0.2) is 6.10 Å². The lowest BCUT2D eigenvalue weighted by Gasteiger charge is -2.18. The average molecular weight is 930 g/mol. The molecule has 0 rings (SSSR count). The van der Waals surface area contributed by atoms with E-state index in [1.807, 2.05) is 0 Å². The zero-order chi connectivity index (χ0) is 47.9. The van der Waals surface area contributed by atoms with Gasteiger partial charge in [0.25, 0.3) is 0 Å². The van der Waals surface area contributed by atoms with Gasteiger partial charge in [0, 0.05) is 19.3 Å². The number of carbonyl (C=O) groups excluding carboxylic acids is 3. The monoisotopic (exact) mass is 929 g/mol. The normalized spacial score (nSPS) is 12.1. The molecule has 0 aromatic carbocycles. The molecule has 0 saturated heterocycles. The molecule has 0 fully saturated rings. The van der Waals surface area contributed by atoms with E-state index < -0.39 is 6.10 Å². The molecule has 0 aromatic rings.